The fourth-order valence-corrected chi connectivity index (χ4v) is 2.46. The highest BCUT2D eigenvalue weighted by Gasteiger charge is 2.21. The largest absolute Gasteiger partial charge is 0.504 e. The lowest BCUT2D eigenvalue weighted by atomic mass is 10.0. The van der Waals surface area contributed by atoms with E-state index in [-0.39, 0.29) is 30.7 Å². The molecule has 2 rings (SSSR count). The van der Waals surface area contributed by atoms with Crippen molar-refractivity contribution < 1.29 is 24.0 Å². The molecule has 0 fully saturated rings. The van der Waals surface area contributed by atoms with E-state index in [0.29, 0.717) is 23.6 Å². The minimum Gasteiger partial charge on any atom is -0.504 e. The zero-order valence-corrected chi connectivity index (χ0v) is 14.8. The number of Topliss-reactive ketones (excluding diaryl/α,β-unsaturated/α-hetero) is 1. The Bertz CT molecular complexity index is 860. The van der Waals surface area contributed by atoms with Gasteiger partial charge in [0, 0.05) is 24.1 Å². The molecule has 2 aromatic rings. The third-order valence-corrected chi connectivity index (χ3v) is 3.83. The Kier molecular flexibility index (Phi) is 6.07. The molecule has 0 bridgehead atoms. The fraction of sp³-hybridized carbons (Fsp3) is 0.389. The highest BCUT2D eigenvalue weighted by molar-refractivity contribution is 5.98. The van der Waals surface area contributed by atoms with Crippen LogP contribution in [0.15, 0.2) is 10.6 Å². The van der Waals surface area contributed by atoms with Crippen molar-refractivity contribution in [2.45, 2.75) is 40.0 Å². The molecule has 8 heteroatoms. The van der Waals surface area contributed by atoms with Gasteiger partial charge in [-0.1, -0.05) is 5.16 Å². The van der Waals surface area contributed by atoms with E-state index in [2.05, 4.69) is 10.1 Å². The Hall–Kier alpha value is -3.21. The first-order valence-corrected chi connectivity index (χ1v) is 8.10. The first-order valence-electron chi connectivity index (χ1n) is 8.10. The number of aromatic nitrogens is 2. The van der Waals surface area contributed by atoms with Crippen LogP contribution < -0.4 is 0 Å². The molecule has 0 aromatic carbocycles. The second-order valence-electron chi connectivity index (χ2n) is 5.68. The van der Waals surface area contributed by atoms with Gasteiger partial charge in [0.15, 0.2) is 11.5 Å². The number of carbonyl (C=O) groups is 2. The number of ether oxygens (including phenoxy) is 1. The lowest BCUT2D eigenvalue weighted by Crippen LogP contribution is -2.11. The van der Waals surface area contributed by atoms with Gasteiger partial charge in [0.25, 0.3) is 0 Å². The van der Waals surface area contributed by atoms with Gasteiger partial charge < -0.3 is 14.4 Å². The first-order chi connectivity index (χ1) is 12.4. The van der Waals surface area contributed by atoms with Gasteiger partial charge in [-0.05, 0) is 26.8 Å². The van der Waals surface area contributed by atoms with E-state index in [4.69, 9.17) is 9.26 Å². The van der Waals surface area contributed by atoms with Crippen LogP contribution in [0, 0.1) is 25.2 Å². The molecule has 0 aliphatic rings. The van der Waals surface area contributed by atoms with Crippen LogP contribution >= 0.6 is 0 Å². The molecule has 0 unspecified atom stereocenters. The summed E-state index contributed by atoms with van der Waals surface area (Å²) in [4.78, 5) is 28.0. The number of nitrogens with zero attached hydrogens (tertiary/aromatic N) is 3. The smallest absolute Gasteiger partial charge is 0.306 e. The summed E-state index contributed by atoms with van der Waals surface area (Å²) < 4.78 is 9.88. The summed E-state index contributed by atoms with van der Waals surface area (Å²) in [6.45, 7) is 5.43. The summed E-state index contributed by atoms with van der Waals surface area (Å²) >= 11 is 0. The number of ketones is 1. The first kappa shape index (κ1) is 19.1. The van der Waals surface area contributed by atoms with Gasteiger partial charge in [-0.3, -0.25) is 9.59 Å². The third-order valence-electron chi connectivity index (χ3n) is 3.83. The predicted octanol–water partition coefficient (Wildman–Crippen LogP) is 2.38. The number of nitriles is 1. The molecule has 0 saturated heterocycles. The van der Waals surface area contributed by atoms with E-state index >= 15 is 0 Å². The Balaban J connectivity index is 2.30. The summed E-state index contributed by atoms with van der Waals surface area (Å²) in [6, 6.07) is 3.27. The number of aryl methyl sites for hydroxylation is 2. The normalized spacial score (nSPS) is 10.4. The molecular formula is C18H19N3O5. The van der Waals surface area contributed by atoms with Crippen molar-refractivity contribution in [1.82, 2.24) is 10.1 Å². The van der Waals surface area contributed by atoms with Crippen LogP contribution in [0.5, 0.6) is 5.75 Å². The molecule has 0 saturated carbocycles. The van der Waals surface area contributed by atoms with Crippen LogP contribution in [-0.4, -0.2) is 33.6 Å². The molecule has 0 aliphatic heterocycles. The standard InChI is InChI=1S/C18H19N3O5/c1-4-25-16(23)6-5-15(22)17-18(24)12(9-19)7-13(20-17)8-14-10(2)21-26-11(14)3/h7,24H,4-6,8H2,1-3H3. The summed E-state index contributed by atoms with van der Waals surface area (Å²) in [7, 11) is 0. The molecule has 0 radical (unpaired) electrons. The van der Waals surface area contributed by atoms with Gasteiger partial charge in [-0.25, -0.2) is 4.98 Å². The van der Waals surface area contributed by atoms with Gasteiger partial charge in [-0.2, -0.15) is 5.26 Å². The number of hydrogen-bond donors (Lipinski definition) is 1. The number of pyridine rings is 1. The molecule has 2 heterocycles. The van der Waals surface area contributed by atoms with Crippen LogP contribution in [-0.2, 0) is 16.0 Å². The molecule has 8 nitrogen and oxygen atoms in total. The van der Waals surface area contributed by atoms with E-state index in [1.54, 1.807) is 20.8 Å². The predicted molar refractivity (Wildman–Crippen MR) is 89.6 cm³/mol. The van der Waals surface area contributed by atoms with Gasteiger partial charge in [-0.15, -0.1) is 0 Å². The Morgan fingerprint density at radius 1 is 1.35 bits per heavy atom. The Morgan fingerprint density at radius 2 is 2.08 bits per heavy atom. The zero-order valence-electron chi connectivity index (χ0n) is 14.8. The second kappa shape index (κ2) is 8.25. The number of hydrogen-bond acceptors (Lipinski definition) is 8. The zero-order chi connectivity index (χ0) is 19.3. The minimum absolute atomic E-state index is 0.0544. The summed E-state index contributed by atoms with van der Waals surface area (Å²) in [5.74, 6) is -0.907. The average molecular weight is 357 g/mol. The molecule has 2 aromatic heterocycles. The van der Waals surface area contributed by atoms with Crippen molar-refractivity contribution in [3.05, 3.63) is 40.0 Å². The summed E-state index contributed by atoms with van der Waals surface area (Å²) in [5, 5.41) is 23.2. The van der Waals surface area contributed by atoms with Gasteiger partial charge in [0.1, 0.15) is 17.5 Å². The topological polar surface area (TPSA) is 126 Å². The monoisotopic (exact) mass is 357 g/mol. The highest BCUT2D eigenvalue weighted by Crippen LogP contribution is 2.25. The number of esters is 1. The second-order valence-corrected chi connectivity index (χ2v) is 5.68. The van der Waals surface area contributed by atoms with Crippen LogP contribution in [0.1, 0.15) is 58.5 Å². The third kappa shape index (κ3) is 4.25. The van der Waals surface area contributed by atoms with Gasteiger partial charge in [0.2, 0.25) is 0 Å². The van der Waals surface area contributed by atoms with Gasteiger partial charge >= 0.3 is 5.97 Å². The van der Waals surface area contributed by atoms with Crippen molar-refractivity contribution >= 4 is 11.8 Å². The molecule has 0 spiro atoms. The molecule has 0 atom stereocenters. The Labute approximate surface area is 150 Å². The van der Waals surface area contributed by atoms with Crippen molar-refractivity contribution in [1.29, 1.82) is 5.26 Å². The minimum atomic E-state index is -0.535. The van der Waals surface area contributed by atoms with E-state index < -0.39 is 17.5 Å². The maximum absolute atomic E-state index is 12.4. The molecule has 1 N–H and O–H groups in total. The summed E-state index contributed by atoms with van der Waals surface area (Å²) in [6.07, 6.45) is 0.0110. The van der Waals surface area contributed by atoms with Crippen molar-refractivity contribution in [3.63, 3.8) is 0 Å². The van der Waals surface area contributed by atoms with Crippen LogP contribution in [0.3, 0.4) is 0 Å². The van der Waals surface area contributed by atoms with Crippen LogP contribution in [0.25, 0.3) is 0 Å². The molecule has 26 heavy (non-hydrogen) atoms. The Morgan fingerprint density at radius 3 is 2.65 bits per heavy atom. The van der Waals surface area contributed by atoms with Crippen LogP contribution in [0.2, 0.25) is 0 Å². The van der Waals surface area contributed by atoms with Crippen molar-refractivity contribution in [3.8, 4) is 11.8 Å². The average Bonchev–Trinajstić information content (AvgIpc) is 2.93. The summed E-state index contributed by atoms with van der Waals surface area (Å²) in [5.41, 5.74) is 1.63. The van der Waals surface area contributed by atoms with Crippen molar-refractivity contribution in [2.24, 2.45) is 0 Å². The molecule has 136 valence electrons. The fourth-order valence-electron chi connectivity index (χ4n) is 2.46. The van der Waals surface area contributed by atoms with E-state index in [1.165, 1.54) is 6.07 Å². The van der Waals surface area contributed by atoms with E-state index in [1.807, 2.05) is 6.07 Å². The lowest BCUT2D eigenvalue weighted by Gasteiger charge is -2.08. The molecule has 0 amide bonds. The highest BCUT2D eigenvalue weighted by atomic mass is 16.5. The number of rotatable bonds is 7. The van der Waals surface area contributed by atoms with Crippen LogP contribution in [0.4, 0.5) is 0 Å². The van der Waals surface area contributed by atoms with Crippen molar-refractivity contribution in [2.75, 3.05) is 6.61 Å². The van der Waals surface area contributed by atoms with Gasteiger partial charge in [0.05, 0.1) is 24.3 Å². The molecular weight excluding hydrogens is 338 g/mol. The quantitative estimate of drug-likeness (QED) is 0.591. The SMILES string of the molecule is CCOC(=O)CCC(=O)c1nc(Cc2c(C)noc2C)cc(C#N)c1O. The van der Waals surface area contributed by atoms with E-state index in [0.717, 1.165) is 5.56 Å². The maximum atomic E-state index is 12.4. The lowest BCUT2D eigenvalue weighted by molar-refractivity contribution is -0.143. The van der Waals surface area contributed by atoms with E-state index in [9.17, 15) is 20.0 Å². The maximum Gasteiger partial charge on any atom is 0.306 e. The number of carbonyl (C=O) groups excluding carboxylic acids is 2. The number of aromatic hydroxyl groups is 1. The molecule has 0 aliphatic carbocycles.